The number of nitrogens with zero attached hydrogens (tertiary/aromatic N) is 5. The summed E-state index contributed by atoms with van der Waals surface area (Å²) in [5.41, 5.74) is 2.49. The lowest BCUT2D eigenvalue weighted by molar-refractivity contribution is -0.127. The molecule has 1 fully saturated rings. The molecule has 3 heterocycles. The second kappa shape index (κ2) is 8.46. The summed E-state index contributed by atoms with van der Waals surface area (Å²) >= 11 is 0. The highest BCUT2D eigenvalue weighted by Gasteiger charge is 2.19. The van der Waals surface area contributed by atoms with Crippen molar-refractivity contribution in [2.24, 2.45) is 0 Å². The highest BCUT2D eigenvalue weighted by Crippen LogP contribution is 2.26. The van der Waals surface area contributed by atoms with Crippen LogP contribution >= 0.6 is 0 Å². The molecule has 1 aliphatic heterocycles. The number of para-hydroxylation sites is 1. The van der Waals surface area contributed by atoms with Crippen molar-refractivity contribution in [3.8, 4) is 0 Å². The van der Waals surface area contributed by atoms with Crippen LogP contribution in [-0.2, 0) is 4.79 Å². The zero-order chi connectivity index (χ0) is 20.2. The van der Waals surface area contributed by atoms with Gasteiger partial charge in [0.2, 0.25) is 11.9 Å². The van der Waals surface area contributed by atoms with Crippen LogP contribution in [0.2, 0.25) is 0 Å². The van der Waals surface area contributed by atoms with Crippen molar-refractivity contribution in [3.63, 3.8) is 0 Å². The first kappa shape index (κ1) is 19.2. The summed E-state index contributed by atoms with van der Waals surface area (Å²) in [6.45, 7) is 6.56. The molecular formula is C21H27N7O. The Hall–Kier alpha value is -3.16. The van der Waals surface area contributed by atoms with E-state index in [1.165, 1.54) is 0 Å². The smallest absolute Gasteiger partial charge is 0.226 e. The quantitative estimate of drug-likeness (QED) is 0.569. The molecule has 8 heteroatoms. The standard InChI is InChI=1S/C21H27N7O/c1-15(2)28-14-23-18-19(24-16-8-4-3-5-9-16)25-21(26-20(18)28)22-11-7-13-27-12-6-10-17(27)29/h3-5,8-9,14-15H,6-7,10-13H2,1-2H3,(H2,22,24,25,26). The van der Waals surface area contributed by atoms with Crippen molar-refractivity contribution in [2.75, 3.05) is 30.3 Å². The fourth-order valence-corrected chi connectivity index (χ4v) is 3.53. The molecule has 4 rings (SSSR count). The molecule has 1 aromatic carbocycles. The third-order valence-electron chi connectivity index (χ3n) is 5.07. The second-order valence-corrected chi connectivity index (χ2v) is 7.57. The van der Waals surface area contributed by atoms with Crippen molar-refractivity contribution in [3.05, 3.63) is 36.7 Å². The number of hydrogen-bond donors (Lipinski definition) is 2. The minimum atomic E-state index is 0.244. The topological polar surface area (TPSA) is 88.0 Å². The second-order valence-electron chi connectivity index (χ2n) is 7.57. The number of hydrogen-bond acceptors (Lipinski definition) is 6. The van der Waals surface area contributed by atoms with Crippen molar-refractivity contribution >= 4 is 34.5 Å². The molecular weight excluding hydrogens is 366 g/mol. The zero-order valence-corrected chi connectivity index (χ0v) is 16.9. The monoisotopic (exact) mass is 393 g/mol. The molecule has 0 aliphatic carbocycles. The van der Waals surface area contributed by atoms with E-state index in [2.05, 4.69) is 34.4 Å². The molecule has 0 unspecified atom stereocenters. The van der Waals surface area contributed by atoms with E-state index < -0.39 is 0 Å². The van der Waals surface area contributed by atoms with Crippen LogP contribution in [0.15, 0.2) is 36.7 Å². The van der Waals surface area contributed by atoms with E-state index in [9.17, 15) is 4.79 Å². The van der Waals surface area contributed by atoms with Gasteiger partial charge in [-0.15, -0.1) is 0 Å². The van der Waals surface area contributed by atoms with Crippen LogP contribution in [0, 0.1) is 0 Å². The summed E-state index contributed by atoms with van der Waals surface area (Å²) in [7, 11) is 0. The van der Waals surface area contributed by atoms with Gasteiger partial charge in [0.05, 0.1) is 6.33 Å². The average Bonchev–Trinajstić information content (AvgIpc) is 3.32. The van der Waals surface area contributed by atoms with Crippen LogP contribution in [0.5, 0.6) is 0 Å². The molecule has 0 saturated carbocycles. The first-order valence-corrected chi connectivity index (χ1v) is 10.2. The van der Waals surface area contributed by atoms with Crippen LogP contribution in [0.1, 0.15) is 39.2 Å². The van der Waals surface area contributed by atoms with Crippen molar-refractivity contribution in [1.29, 1.82) is 0 Å². The highest BCUT2D eigenvalue weighted by atomic mass is 16.2. The number of likely N-dealkylation sites (tertiary alicyclic amines) is 1. The van der Waals surface area contributed by atoms with Gasteiger partial charge in [0.15, 0.2) is 17.0 Å². The van der Waals surface area contributed by atoms with E-state index in [0.29, 0.717) is 24.7 Å². The molecule has 1 aliphatic rings. The van der Waals surface area contributed by atoms with Crippen molar-refractivity contribution in [1.82, 2.24) is 24.4 Å². The van der Waals surface area contributed by atoms with E-state index in [0.717, 1.165) is 42.8 Å². The molecule has 0 bridgehead atoms. The van der Waals surface area contributed by atoms with Crippen LogP contribution in [0.4, 0.5) is 17.5 Å². The van der Waals surface area contributed by atoms with E-state index in [4.69, 9.17) is 4.98 Å². The van der Waals surface area contributed by atoms with E-state index in [1.54, 1.807) is 0 Å². The van der Waals surface area contributed by atoms with Gasteiger partial charge >= 0.3 is 0 Å². The molecule has 8 nitrogen and oxygen atoms in total. The summed E-state index contributed by atoms with van der Waals surface area (Å²) < 4.78 is 2.04. The summed E-state index contributed by atoms with van der Waals surface area (Å²) in [5, 5.41) is 6.68. The Kier molecular flexibility index (Phi) is 5.59. The van der Waals surface area contributed by atoms with Gasteiger partial charge in [-0.1, -0.05) is 18.2 Å². The van der Waals surface area contributed by atoms with Gasteiger partial charge in [-0.05, 0) is 38.8 Å². The van der Waals surface area contributed by atoms with Crippen molar-refractivity contribution in [2.45, 2.75) is 39.2 Å². The number of carbonyl (C=O) groups excluding carboxylic acids is 1. The highest BCUT2D eigenvalue weighted by molar-refractivity contribution is 5.86. The van der Waals surface area contributed by atoms with Crippen LogP contribution in [0.3, 0.4) is 0 Å². The molecule has 0 radical (unpaired) electrons. The summed E-state index contributed by atoms with van der Waals surface area (Å²) in [4.78, 5) is 27.6. The number of amides is 1. The number of carbonyl (C=O) groups is 1. The predicted molar refractivity (Wildman–Crippen MR) is 114 cm³/mol. The molecule has 3 aromatic rings. The minimum absolute atomic E-state index is 0.244. The van der Waals surface area contributed by atoms with Gasteiger partial charge in [0, 0.05) is 37.8 Å². The maximum absolute atomic E-state index is 11.7. The summed E-state index contributed by atoms with van der Waals surface area (Å²) in [6.07, 6.45) is 4.32. The Labute approximate surface area is 170 Å². The lowest BCUT2D eigenvalue weighted by atomic mass is 10.3. The Morgan fingerprint density at radius 2 is 2.00 bits per heavy atom. The van der Waals surface area contributed by atoms with Crippen LogP contribution < -0.4 is 10.6 Å². The average molecular weight is 393 g/mol. The number of rotatable bonds is 8. The van der Waals surface area contributed by atoms with E-state index >= 15 is 0 Å². The number of benzene rings is 1. The molecule has 2 aromatic heterocycles. The Morgan fingerprint density at radius 3 is 2.72 bits per heavy atom. The molecule has 1 saturated heterocycles. The largest absolute Gasteiger partial charge is 0.354 e. The number of aromatic nitrogens is 4. The maximum Gasteiger partial charge on any atom is 0.226 e. The lowest BCUT2D eigenvalue weighted by Crippen LogP contribution is -2.27. The van der Waals surface area contributed by atoms with Gasteiger partial charge in [0.1, 0.15) is 0 Å². The van der Waals surface area contributed by atoms with Crippen molar-refractivity contribution < 1.29 is 4.79 Å². The van der Waals surface area contributed by atoms with Crippen LogP contribution in [-0.4, -0.2) is 50.0 Å². The number of imidazole rings is 1. The van der Waals surface area contributed by atoms with Gasteiger partial charge < -0.3 is 20.1 Å². The van der Waals surface area contributed by atoms with Gasteiger partial charge in [-0.25, -0.2) is 4.98 Å². The van der Waals surface area contributed by atoms with Gasteiger partial charge in [0.25, 0.3) is 0 Å². The third kappa shape index (κ3) is 4.31. The fourth-order valence-electron chi connectivity index (χ4n) is 3.53. The Balaban J connectivity index is 1.53. The minimum Gasteiger partial charge on any atom is -0.354 e. The lowest BCUT2D eigenvalue weighted by Gasteiger charge is -2.15. The molecule has 1 amide bonds. The maximum atomic E-state index is 11.7. The van der Waals surface area contributed by atoms with Gasteiger partial charge in [-0.2, -0.15) is 9.97 Å². The summed E-state index contributed by atoms with van der Waals surface area (Å²) in [6, 6.07) is 10.2. The molecule has 0 spiro atoms. The molecule has 152 valence electrons. The molecule has 29 heavy (non-hydrogen) atoms. The summed E-state index contributed by atoms with van der Waals surface area (Å²) in [5.74, 6) is 1.50. The predicted octanol–water partition coefficient (Wildman–Crippen LogP) is 3.58. The Bertz CT molecular complexity index is 983. The van der Waals surface area contributed by atoms with Gasteiger partial charge in [-0.3, -0.25) is 4.79 Å². The first-order chi connectivity index (χ1) is 14.1. The Morgan fingerprint density at radius 1 is 1.17 bits per heavy atom. The van der Waals surface area contributed by atoms with Crippen LogP contribution in [0.25, 0.3) is 11.2 Å². The number of anilines is 3. The zero-order valence-electron chi connectivity index (χ0n) is 16.9. The van der Waals surface area contributed by atoms with E-state index in [1.807, 2.05) is 46.1 Å². The first-order valence-electron chi connectivity index (χ1n) is 10.2. The fraction of sp³-hybridized carbons (Fsp3) is 0.429. The number of nitrogens with one attached hydrogen (secondary N) is 2. The molecule has 0 atom stereocenters. The normalized spacial score (nSPS) is 14.2. The molecule has 2 N–H and O–H groups in total. The van der Waals surface area contributed by atoms with E-state index in [-0.39, 0.29) is 11.9 Å². The third-order valence-corrected chi connectivity index (χ3v) is 5.07. The number of fused-ring (bicyclic) bond motifs is 1. The SMILES string of the molecule is CC(C)n1cnc2c(Nc3ccccc3)nc(NCCCN3CCCC3=O)nc21.